The third-order valence-corrected chi connectivity index (χ3v) is 3.03. The lowest BCUT2D eigenvalue weighted by Gasteiger charge is -2.32. The molecule has 20 heavy (non-hydrogen) atoms. The number of aryl methyl sites for hydroxylation is 1. The molecule has 2 heterocycles. The molecule has 0 bridgehead atoms. The van der Waals surface area contributed by atoms with Crippen molar-refractivity contribution in [1.29, 1.82) is 0 Å². The van der Waals surface area contributed by atoms with Crippen molar-refractivity contribution < 1.29 is 14.7 Å². The average molecular weight is 279 g/mol. The summed E-state index contributed by atoms with van der Waals surface area (Å²) in [5.74, 6) is -0.897. The number of fused-ring (bicyclic) bond motifs is 1. The highest BCUT2D eigenvalue weighted by Crippen LogP contribution is 2.32. The molecule has 1 aromatic heterocycles. The van der Waals surface area contributed by atoms with Crippen LogP contribution in [0.4, 0.5) is 17.5 Å². The molecule has 1 aromatic rings. The Hall–Kier alpha value is -2.38. The van der Waals surface area contributed by atoms with Crippen molar-refractivity contribution in [3.8, 4) is 0 Å². The van der Waals surface area contributed by atoms with Gasteiger partial charge >= 0.3 is 5.97 Å². The molecule has 0 aliphatic carbocycles. The normalized spacial score (nSPS) is 17.4. The van der Waals surface area contributed by atoms with Crippen LogP contribution in [-0.2, 0) is 9.59 Å². The molecule has 0 saturated heterocycles. The molecular formula is C12H17N5O3. The van der Waals surface area contributed by atoms with Gasteiger partial charge in [-0.3, -0.25) is 9.69 Å². The zero-order valence-corrected chi connectivity index (χ0v) is 11.6. The average Bonchev–Trinajstić information content (AvgIpc) is 2.38. The number of aromatic nitrogens is 2. The number of hydrogen-bond acceptors (Lipinski definition) is 6. The first-order chi connectivity index (χ1) is 9.49. The van der Waals surface area contributed by atoms with Gasteiger partial charge in [0.1, 0.15) is 5.69 Å². The van der Waals surface area contributed by atoms with Crippen molar-refractivity contribution in [1.82, 2.24) is 9.97 Å². The van der Waals surface area contributed by atoms with Crippen molar-refractivity contribution >= 4 is 29.3 Å². The number of nitrogens with one attached hydrogen (secondary N) is 2. The fourth-order valence-corrected chi connectivity index (χ4v) is 2.10. The Morgan fingerprint density at radius 1 is 1.45 bits per heavy atom. The van der Waals surface area contributed by atoms with Crippen LogP contribution in [0.1, 0.15) is 19.5 Å². The van der Waals surface area contributed by atoms with Gasteiger partial charge in [-0.2, -0.15) is 4.98 Å². The van der Waals surface area contributed by atoms with Crippen LogP contribution in [-0.4, -0.2) is 46.1 Å². The zero-order valence-electron chi connectivity index (χ0n) is 11.6. The Balaban J connectivity index is 2.53. The fraction of sp³-hybridized carbons (Fsp3) is 0.500. The minimum atomic E-state index is -1.30. The molecular weight excluding hydrogens is 262 g/mol. The molecule has 3 N–H and O–H groups in total. The summed E-state index contributed by atoms with van der Waals surface area (Å²) >= 11 is 0. The first-order valence-electron chi connectivity index (χ1n) is 6.42. The van der Waals surface area contributed by atoms with Crippen LogP contribution >= 0.6 is 0 Å². The number of rotatable bonds is 4. The molecule has 0 radical (unpaired) electrons. The molecule has 0 aromatic carbocycles. The molecule has 8 nitrogen and oxygen atoms in total. The number of likely N-dealkylation sites (N-methyl/N-ethyl adjacent to an activating group) is 1. The van der Waals surface area contributed by atoms with Crippen molar-refractivity contribution in [3.63, 3.8) is 0 Å². The maximum atomic E-state index is 12.1. The Morgan fingerprint density at radius 3 is 2.70 bits per heavy atom. The molecule has 108 valence electrons. The maximum absolute atomic E-state index is 12.1. The van der Waals surface area contributed by atoms with Gasteiger partial charge in [0.25, 0.3) is 5.91 Å². The van der Waals surface area contributed by atoms with E-state index in [9.17, 15) is 9.59 Å². The summed E-state index contributed by atoms with van der Waals surface area (Å²) in [6.45, 7) is 6.44. The summed E-state index contributed by atoms with van der Waals surface area (Å²) < 4.78 is 0. The van der Waals surface area contributed by atoms with E-state index >= 15 is 0 Å². The van der Waals surface area contributed by atoms with Gasteiger partial charge in [-0.1, -0.05) is 0 Å². The summed E-state index contributed by atoms with van der Waals surface area (Å²) in [4.78, 5) is 33.2. The van der Waals surface area contributed by atoms with Gasteiger partial charge in [0.15, 0.2) is 5.82 Å². The minimum absolute atomic E-state index is 0.347. The third-order valence-electron chi connectivity index (χ3n) is 3.03. The smallest absolute Gasteiger partial charge is 0.336 e. The second-order valence-corrected chi connectivity index (χ2v) is 4.36. The van der Waals surface area contributed by atoms with Gasteiger partial charge in [0.2, 0.25) is 12.0 Å². The van der Waals surface area contributed by atoms with Gasteiger partial charge in [0, 0.05) is 13.1 Å². The van der Waals surface area contributed by atoms with Crippen LogP contribution in [0.2, 0.25) is 0 Å². The second-order valence-electron chi connectivity index (χ2n) is 4.36. The van der Waals surface area contributed by atoms with E-state index in [4.69, 9.17) is 5.11 Å². The number of nitrogens with zero attached hydrogens (tertiary/aromatic N) is 3. The van der Waals surface area contributed by atoms with Gasteiger partial charge < -0.3 is 15.7 Å². The standard InChI is InChI=1S/C12H17N5O3/c1-4-13-12-14-6(3)7-9(16-12)17(5-2)10(18)8(15-7)11(19)20/h8,15H,4-5H2,1-3H3,(H,19,20)(H,13,14,16)/t8-/m1/s1. The van der Waals surface area contributed by atoms with Gasteiger partial charge in [-0.15, -0.1) is 0 Å². The van der Waals surface area contributed by atoms with Crippen molar-refractivity contribution in [2.75, 3.05) is 28.6 Å². The number of carboxylic acids is 1. The molecule has 0 unspecified atom stereocenters. The largest absolute Gasteiger partial charge is 0.479 e. The lowest BCUT2D eigenvalue weighted by Crippen LogP contribution is -2.51. The molecule has 1 amide bonds. The Bertz CT molecular complexity index is 560. The van der Waals surface area contributed by atoms with Gasteiger partial charge in [-0.25, -0.2) is 9.78 Å². The summed E-state index contributed by atoms with van der Waals surface area (Å²) in [7, 11) is 0. The quantitative estimate of drug-likeness (QED) is 0.687. The predicted molar refractivity (Wildman–Crippen MR) is 74.0 cm³/mol. The first kappa shape index (κ1) is 14.0. The lowest BCUT2D eigenvalue weighted by atomic mass is 10.1. The van der Waals surface area contributed by atoms with Crippen molar-refractivity contribution in [3.05, 3.63) is 5.69 Å². The van der Waals surface area contributed by atoms with E-state index < -0.39 is 17.9 Å². The molecule has 0 spiro atoms. The van der Waals surface area contributed by atoms with E-state index in [2.05, 4.69) is 20.6 Å². The van der Waals surface area contributed by atoms with E-state index in [1.807, 2.05) is 6.92 Å². The topological polar surface area (TPSA) is 107 Å². The summed E-state index contributed by atoms with van der Waals surface area (Å²) in [5, 5.41) is 14.8. The molecule has 2 rings (SSSR count). The van der Waals surface area contributed by atoms with E-state index in [0.29, 0.717) is 36.2 Å². The Kier molecular flexibility index (Phi) is 3.73. The molecule has 1 aliphatic heterocycles. The Morgan fingerprint density at radius 2 is 2.15 bits per heavy atom. The summed E-state index contributed by atoms with van der Waals surface area (Å²) in [6, 6.07) is -1.30. The van der Waals surface area contributed by atoms with E-state index in [0.717, 1.165) is 0 Å². The number of carbonyl (C=O) groups is 2. The van der Waals surface area contributed by atoms with Crippen LogP contribution in [0, 0.1) is 6.92 Å². The Labute approximate surface area is 116 Å². The summed E-state index contributed by atoms with van der Waals surface area (Å²) in [5.41, 5.74) is 1.09. The van der Waals surface area contributed by atoms with Gasteiger partial charge in [0.05, 0.1) is 5.69 Å². The van der Waals surface area contributed by atoms with Crippen molar-refractivity contribution in [2.45, 2.75) is 26.8 Å². The molecule has 0 saturated carbocycles. The number of hydrogen-bond donors (Lipinski definition) is 3. The van der Waals surface area contributed by atoms with Crippen molar-refractivity contribution in [2.24, 2.45) is 0 Å². The van der Waals surface area contributed by atoms with E-state index in [-0.39, 0.29) is 0 Å². The van der Waals surface area contributed by atoms with Crippen LogP contribution in [0.5, 0.6) is 0 Å². The fourth-order valence-electron chi connectivity index (χ4n) is 2.10. The molecule has 1 atom stereocenters. The highest BCUT2D eigenvalue weighted by Gasteiger charge is 2.38. The second kappa shape index (κ2) is 5.32. The minimum Gasteiger partial charge on any atom is -0.479 e. The monoisotopic (exact) mass is 279 g/mol. The highest BCUT2D eigenvalue weighted by atomic mass is 16.4. The van der Waals surface area contributed by atoms with E-state index in [1.54, 1.807) is 13.8 Å². The van der Waals surface area contributed by atoms with Crippen LogP contribution in [0.3, 0.4) is 0 Å². The SMILES string of the molecule is CCNc1nc(C)c2c(n1)N(CC)C(=O)[C@H](C(=O)O)N2. The highest BCUT2D eigenvalue weighted by molar-refractivity contribution is 6.14. The number of amides is 1. The predicted octanol–water partition coefficient (Wildman–Crippen LogP) is 0.448. The van der Waals surface area contributed by atoms with Crippen LogP contribution in [0.15, 0.2) is 0 Å². The number of aliphatic carboxylic acids is 1. The molecule has 8 heteroatoms. The number of carbonyl (C=O) groups excluding carboxylic acids is 1. The van der Waals surface area contributed by atoms with Gasteiger partial charge in [-0.05, 0) is 20.8 Å². The first-order valence-corrected chi connectivity index (χ1v) is 6.42. The van der Waals surface area contributed by atoms with Crippen LogP contribution in [0.25, 0.3) is 0 Å². The van der Waals surface area contributed by atoms with E-state index in [1.165, 1.54) is 4.90 Å². The lowest BCUT2D eigenvalue weighted by molar-refractivity contribution is -0.141. The number of anilines is 3. The maximum Gasteiger partial charge on any atom is 0.336 e. The number of carboxylic acid groups (broad SMARTS) is 1. The summed E-state index contributed by atoms with van der Waals surface area (Å²) in [6.07, 6.45) is 0. The molecule has 1 aliphatic rings. The molecule has 0 fully saturated rings. The zero-order chi connectivity index (χ0) is 14.9. The third kappa shape index (κ3) is 2.24. The van der Waals surface area contributed by atoms with Crippen LogP contribution < -0.4 is 15.5 Å².